The van der Waals surface area contributed by atoms with Crippen molar-refractivity contribution in [3.05, 3.63) is 113 Å². The number of hydrogen-bond donors (Lipinski definition) is 3. The predicted octanol–water partition coefficient (Wildman–Crippen LogP) is 4.67. The number of nitrogen functional groups attached to an aromatic ring is 1. The first-order chi connectivity index (χ1) is 26.3. The maximum atomic E-state index is 13.4. The third-order valence-electron chi connectivity index (χ3n) is 9.41. The summed E-state index contributed by atoms with van der Waals surface area (Å²) in [6.07, 6.45) is 1.72. The second-order valence-corrected chi connectivity index (χ2v) is 15.1. The molecule has 0 fully saturated rings. The summed E-state index contributed by atoms with van der Waals surface area (Å²) in [5, 5.41) is 4.77. The van der Waals surface area contributed by atoms with Crippen LogP contribution in [0.5, 0.6) is 5.88 Å². The molecule has 3 aromatic carbocycles. The van der Waals surface area contributed by atoms with E-state index in [4.69, 9.17) is 14.9 Å². The molecule has 0 saturated carbocycles. The molecule has 0 atom stereocenters. The Balaban J connectivity index is 1.10. The number of H-pyrrole nitrogens is 1. The van der Waals surface area contributed by atoms with Gasteiger partial charge in [0.1, 0.15) is 31.5 Å². The van der Waals surface area contributed by atoms with Gasteiger partial charge in [0.15, 0.2) is 11.2 Å². The lowest BCUT2D eigenvalue weighted by molar-refractivity contribution is 0.0950. The van der Waals surface area contributed by atoms with Crippen molar-refractivity contribution in [1.29, 1.82) is 0 Å². The lowest BCUT2D eigenvalue weighted by atomic mass is 9.90. The maximum absolute atomic E-state index is 13.4. The van der Waals surface area contributed by atoms with Crippen molar-refractivity contribution in [3.63, 3.8) is 0 Å². The van der Waals surface area contributed by atoms with Gasteiger partial charge < -0.3 is 34.6 Å². The second-order valence-electron chi connectivity index (χ2n) is 13.6. The number of aromatic amines is 1. The van der Waals surface area contributed by atoms with E-state index in [1.807, 2.05) is 116 Å². The maximum Gasteiger partial charge on any atom is 0.251 e. The number of amides is 1. The van der Waals surface area contributed by atoms with Crippen LogP contribution in [-0.2, 0) is 23.3 Å². The molecule has 282 valence electrons. The Labute approximate surface area is 317 Å². The average molecular weight is 761 g/mol. The molecule has 0 radical (unpaired) electrons. The standard InChI is InChI=1S/C40H40N8O6S/c1-24-18-27(38(49)42-21-25-6-8-26(9-7-25)22-53-39-36-37(44-23-43-36)45-40(41)46-39)10-13-30(24)35-31-14-11-28(47(2)3)19-33(31)54-34-20-29(12-15-32(34)35)48(4)16-5-17-55(50,51)52/h6-15,18-20,23,41-42H,5,16-17,21-22H2,1-4H3,(H2,49,50,51,52). The number of fused-ring (bicyclic) bond motifs is 3. The number of rotatable bonds is 12. The first-order valence-electron chi connectivity index (χ1n) is 17.5. The summed E-state index contributed by atoms with van der Waals surface area (Å²) in [6, 6.07) is 25.4. The van der Waals surface area contributed by atoms with Gasteiger partial charge in [0, 0.05) is 72.7 Å². The molecule has 1 aliphatic heterocycles. The number of hydrogen-bond acceptors (Lipinski definition) is 11. The fraction of sp³-hybridized carbons (Fsp3) is 0.225. The minimum atomic E-state index is -4.29. The van der Waals surface area contributed by atoms with Gasteiger partial charge in [-0.3, -0.25) is 4.79 Å². The van der Waals surface area contributed by atoms with E-state index in [1.54, 1.807) is 0 Å². The molecular weight excluding hydrogens is 721 g/mol. The molecule has 5 aromatic rings. The SMILES string of the molecule is Cc1cc(C(=O)NCc2ccc(COc3nc(N)nc4[nH]cnc34)cc2)ccc1-c1c2cc/c(=[N+](/C)CCCS(=O)(=O)[O-])cc-2oc2cc(N(C)C)ccc12. The van der Waals surface area contributed by atoms with Crippen molar-refractivity contribution in [1.82, 2.24) is 29.8 Å². The summed E-state index contributed by atoms with van der Waals surface area (Å²) in [5.74, 6) is 0.414. The van der Waals surface area contributed by atoms with Gasteiger partial charge in [-0.15, -0.1) is 0 Å². The number of nitrogens with two attached hydrogens (primary N) is 1. The van der Waals surface area contributed by atoms with E-state index in [2.05, 4.69) is 25.3 Å². The summed E-state index contributed by atoms with van der Waals surface area (Å²) in [4.78, 5) is 30.7. The van der Waals surface area contributed by atoms with Crippen LogP contribution in [0.15, 0.2) is 89.6 Å². The summed E-state index contributed by atoms with van der Waals surface area (Å²) in [5.41, 5.74) is 14.6. The average Bonchev–Trinajstić information content (AvgIpc) is 3.63. The van der Waals surface area contributed by atoms with Gasteiger partial charge in [-0.2, -0.15) is 9.97 Å². The van der Waals surface area contributed by atoms with E-state index < -0.39 is 15.9 Å². The van der Waals surface area contributed by atoms with Crippen LogP contribution in [0.2, 0.25) is 0 Å². The molecule has 7 rings (SSSR count). The zero-order chi connectivity index (χ0) is 38.9. The number of benzene rings is 4. The first-order valence-corrected chi connectivity index (χ1v) is 19.1. The number of ether oxygens (including phenoxy) is 1. The zero-order valence-corrected chi connectivity index (χ0v) is 31.6. The molecule has 2 aliphatic rings. The minimum absolute atomic E-state index is 0.0900. The van der Waals surface area contributed by atoms with Gasteiger partial charge in [0.25, 0.3) is 5.91 Å². The van der Waals surface area contributed by atoms with E-state index in [1.165, 1.54) is 6.33 Å². The summed E-state index contributed by atoms with van der Waals surface area (Å²) in [7, 11) is 1.50. The van der Waals surface area contributed by atoms with Crippen molar-refractivity contribution in [2.24, 2.45) is 0 Å². The fourth-order valence-electron chi connectivity index (χ4n) is 6.48. The van der Waals surface area contributed by atoms with Gasteiger partial charge >= 0.3 is 0 Å². The third kappa shape index (κ3) is 8.27. The number of nitrogens with zero attached hydrogens (tertiary/aromatic N) is 5. The molecule has 1 aliphatic carbocycles. The van der Waals surface area contributed by atoms with Crippen LogP contribution >= 0.6 is 0 Å². The summed E-state index contributed by atoms with van der Waals surface area (Å²) in [6.45, 7) is 2.97. The Morgan fingerprint density at radius 1 is 1.00 bits per heavy atom. The number of aromatic nitrogens is 4. The van der Waals surface area contributed by atoms with Crippen molar-refractivity contribution < 1.29 is 26.9 Å². The van der Waals surface area contributed by atoms with Crippen molar-refractivity contribution in [2.45, 2.75) is 26.5 Å². The van der Waals surface area contributed by atoms with Crippen molar-refractivity contribution in [2.75, 3.05) is 44.1 Å². The van der Waals surface area contributed by atoms with Gasteiger partial charge in [-0.05, 0) is 59.5 Å². The van der Waals surface area contributed by atoms with Crippen LogP contribution in [0.25, 0.3) is 44.6 Å². The normalized spacial score (nSPS) is 12.3. The number of carbonyl (C=O) groups excluding carboxylic acids is 1. The summed E-state index contributed by atoms with van der Waals surface area (Å²) < 4.78 is 47.7. The molecular formula is C40H40N8O6S. The number of carbonyl (C=O) groups is 1. The highest BCUT2D eigenvalue weighted by molar-refractivity contribution is 7.85. The second kappa shape index (κ2) is 15.2. The molecule has 14 nitrogen and oxygen atoms in total. The number of imidazole rings is 1. The molecule has 3 heterocycles. The molecule has 0 unspecified atom stereocenters. The summed E-state index contributed by atoms with van der Waals surface area (Å²) >= 11 is 0. The Hall–Kier alpha value is -6.32. The molecule has 0 spiro atoms. The highest BCUT2D eigenvalue weighted by Gasteiger charge is 2.21. The number of nitrogens with one attached hydrogen (secondary N) is 2. The van der Waals surface area contributed by atoms with Crippen molar-refractivity contribution in [3.8, 4) is 28.3 Å². The Morgan fingerprint density at radius 2 is 1.76 bits per heavy atom. The zero-order valence-electron chi connectivity index (χ0n) is 30.8. The van der Waals surface area contributed by atoms with E-state index in [9.17, 15) is 17.8 Å². The lowest BCUT2D eigenvalue weighted by Crippen LogP contribution is -2.28. The van der Waals surface area contributed by atoms with Gasteiger partial charge in [-0.25, -0.2) is 18.0 Å². The first kappa shape index (κ1) is 37.0. The molecule has 15 heteroatoms. The van der Waals surface area contributed by atoms with E-state index in [0.717, 1.165) is 49.8 Å². The highest BCUT2D eigenvalue weighted by Crippen LogP contribution is 2.42. The highest BCUT2D eigenvalue weighted by atomic mass is 32.2. The fourth-order valence-corrected chi connectivity index (χ4v) is 6.96. The number of aryl methyl sites for hydroxylation is 1. The van der Waals surface area contributed by atoms with E-state index in [-0.39, 0.29) is 24.9 Å². The molecule has 0 saturated heterocycles. The number of anilines is 2. The quantitative estimate of drug-likeness (QED) is 0.0890. The van der Waals surface area contributed by atoms with Gasteiger partial charge in [0.05, 0.1) is 22.5 Å². The third-order valence-corrected chi connectivity index (χ3v) is 10.2. The van der Waals surface area contributed by atoms with Crippen LogP contribution in [0.3, 0.4) is 0 Å². The van der Waals surface area contributed by atoms with E-state index >= 15 is 0 Å². The smallest absolute Gasteiger partial charge is 0.251 e. The minimum Gasteiger partial charge on any atom is -0.748 e. The molecule has 0 bridgehead atoms. The molecule has 2 aromatic heterocycles. The van der Waals surface area contributed by atoms with Gasteiger partial charge in [-0.1, -0.05) is 30.3 Å². The van der Waals surface area contributed by atoms with Crippen molar-refractivity contribution >= 4 is 49.8 Å². The van der Waals surface area contributed by atoms with Crippen LogP contribution in [-0.4, -0.2) is 72.3 Å². The van der Waals surface area contributed by atoms with Gasteiger partial charge in [0.2, 0.25) is 17.2 Å². The monoisotopic (exact) mass is 760 g/mol. The Morgan fingerprint density at radius 3 is 2.51 bits per heavy atom. The van der Waals surface area contributed by atoms with E-state index in [0.29, 0.717) is 47.0 Å². The Kier molecular flexibility index (Phi) is 10.2. The lowest BCUT2D eigenvalue weighted by Gasteiger charge is -2.19. The van der Waals surface area contributed by atoms with Crippen LogP contribution in [0.4, 0.5) is 11.6 Å². The van der Waals surface area contributed by atoms with Crippen LogP contribution in [0, 0.1) is 6.92 Å². The van der Waals surface area contributed by atoms with Crippen LogP contribution < -0.4 is 30.6 Å². The molecule has 55 heavy (non-hydrogen) atoms. The predicted molar refractivity (Wildman–Crippen MR) is 211 cm³/mol. The largest absolute Gasteiger partial charge is 0.748 e. The topological polar surface area (TPSA) is 195 Å². The molecule has 1 amide bonds. The molecule has 4 N–H and O–H groups in total. The Bertz CT molecular complexity index is 2710. The van der Waals surface area contributed by atoms with Crippen LogP contribution in [0.1, 0.15) is 33.5 Å².